The van der Waals surface area contributed by atoms with Crippen molar-refractivity contribution in [1.82, 2.24) is 9.55 Å². The van der Waals surface area contributed by atoms with E-state index in [1.807, 2.05) is 6.92 Å². The molecule has 2 aromatic carbocycles. The molecule has 0 bridgehead atoms. The molecule has 0 aliphatic heterocycles. The second-order valence-electron chi connectivity index (χ2n) is 5.84. The molecular formula is C19H16BrF2N3O3S. The Morgan fingerprint density at radius 1 is 1.28 bits per heavy atom. The molecule has 0 saturated carbocycles. The van der Waals surface area contributed by atoms with Gasteiger partial charge in [0.15, 0.2) is 5.16 Å². The molecule has 6 nitrogen and oxygen atoms in total. The molecule has 1 N–H and O–H groups in total. The predicted octanol–water partition coefficient (Wildman–Crippen LogP) is 4.51. The molecule has 1 aromatic heterocycles. The molecule has 29 heavy (non-hydrogen) atoms. The minimum absolute atomic E-state index is 0.00587. The van der Waals surface area contributed by atoms with Gasteiger partial charge in [-0.1, -0.05) is 27.7 Å². The van der Waals surface area contributed by atoms with E-state index in [0.29, 0.717) is 28.3 Å². The van der Waals surface area contributed by atoms with Gasteiger partial charge in [0.2, 0.25) is 5.91 Å². The number of carbonyl (C=O) groups is 1. The molecule has 0 saturated heterocycles. The zero-order chi connectivity index (χ0) is 21.0. The zero-order valence-corrected chi connectivity index (χ0v) is 17.6. The molecule has 1 amide bonds. The van der Waals surface area contributed by atoms with E-state index in [4.69, 9.17) is 0 Å². The van der Waals surface area contributed by atoms with Crippen molar-refractivity contribution in [3.63, 3.8) is 0 Å². The number of thioether (sulfide) groups is 1. The van der Waals surface area contributed by atoms with Crippen molar-refractivity contribution in [3.05, 3.63) is 57.3 Å². The van der Waals surface area contributed by atoms with Gasteiger partial charge in [0.1, 0.15) is 5.75 Å². The van der Waals surface area contributed by atoms with Crippen molar-refractivity contribution in [2.24, 2.45) is 0 Å². The normalized spacial score (nSPS) is 11.1. The Hall–Kier alpha value is -2.46. The first-order valence-electron chi connectivity index (χ1n) is 8.55. The van der Waals surface area contributed by atoms with Crippen LogP contribution in [0.1, 0.15) is 6.92 Å². The molecule has 0 aliphatic carbocycles. The fourth-order valence-electron chi connectivity index (χ4n) is 2.61. The van der Waals surface area contributed by atoms with Gasteiger partial charge in [0, 0.05) is 16.7 Å². The molecule has 0 atom stereocenters. The molecule has 0 aliphatic rings. The molecule has 0 spiro atoms. The molecule has 152 valence electrons. The Bertz CT molecular complexity index is 1090. The fraction of sp³-hybridized carbons (Fsp3) is 0.211. The largest absolute Gasteiger partial charge is 0.435 e. The molecule has 3 aromatic rings. The van der Waals surface area contributed by atoms with Crippen LogP contribution in [0, 0.1) is 0 Å². The second kappa shape index (κ2) is 9.36. The maximum Gasteiger partial charge on any atom is 0.387 e. The highest BCUT2D eigenvalue weighted by Crippen LogP contribution is 2.22. The lowest BCUT2D eigenvalue weighted by atomic mass is 10.2. The van der Waals surface area contributed by atoms with Crippen LogP contribution in [0.3, 0.4) is 0 Å². The fourth-order valence-corrected chi connectivity index (χ4v) is 3.83. The molecule has 0 fully saturated rings. The molecule has 0 unspecified atom stereocenters. The van der Waals surface area contributed by atoms with Crippen molar-refractivity contribution in [1.29, 1.82) is 0 Å². The molecule has 1 heterocycles. The minimum atomic E-state index is -2.90. The van der Waals surface area contributed by atoms with Crippen LogP contribution in [-0.4, -0.2) is 27.8 Å². The number of nitrogens with zero attached hydrogens (tertiary/aromatic N) is 2. The second-order valence-corrected chi connectivity index (χ2v) is 7.70. The third kappa shape index (κ3) is 5.33. The van der Waals surface area contributed by atoms with Crippen LogP contribution >= 0.6 is 27.7 Å². The lowest BCUT2D eigenvalue weighted by Crippen LogP contribution is -2.23. The Morgan fingerprint density at radius 3 is 2.66 bits per heavy atom. The number of alkyl halides is 2. The van der Waals surface area contributed by atoms with Gasteiger partial charge in [-0.05, 0) is 49.4 Å². The van der Waals surface area contributed by atoms with Crippen LogP contribution < -0.4 is 15.6 Å². The number of nitrogens with one attached hydrogen (secondary N) is 1. The number of aromatic nitrogens is 2. The van der Waals surface area contributed by atoms with Crippen molar-refractivity contribution < 1.29 is 18.3 Å². The Balaban J connectivity index is 1.70. The highest BCUT2D eigenvalue weighted by atomic mass is 79.9. The first kappa shape index (κ1) is 21.3. The monoisotopic (exact) mass is 483 g/mol. The number of hydrogen-bond donors (Lipinski definition) is 1. The van der Waals surface area contributed by atoms with Gasteiger partial charge >= 0.3 is 6.61 Å². The number of amides is 1. The van der Waals surface area contributed by atoms with E-state index < -0.39 is 6.61 Å². The lowest BCUT2D eigenvalue weighted by Gasteiger charge is -2.11. The van der Waals surface area contributed by atoms with E-state index in [9.17, 15) is 18.4 Å². The summed E-state index contributed by atoms with van der Waals surface area (Å²) >= 11 is 4.50. The van der Waals surface area contributed by atoms with Crippen LogP contribution in [0.2, 0.25) is 0 Å². The Morgan fingerprint density at radius 2 is 2.00 bits per heavy atom. The number of anilines is 1. The van der Waals surface area contributed by atoms with Crippen LogP contribution in [0.4, 0.5) is 14.5 Å². The van der Waals surface area contributed by atoms with Gasteiger partial charge in [0.25, 0.3) is 5.56 Å². The summed E-state index contributed by atoms with van der Waals surface area (Å²) in [5.41, 5.74) is 0.832. The van der Waals surface area contributed by atoms with Crippen molar-refractivity contribution in [2.45, 2.75) is 25.2 Å². The summed E-state index contributed by atoms with van der Waals surface area (Å²) in [6.07, 6.45) is 0. The smallest absolute Gasteiger partial charge is 0.387 e. The quantitative estimate of drug-likeness (QED) is 0.395. The standard InChI is InChI=1S/C19H16BrF2N3O3S/c1-2-25-17(27)14-9-11(20)3-8-15(14)24-19(25)29-10-16(26)23-12-4-6-13(7-5-12)28-18(21)22/h3-9,18H,2,10H2,1H3,(H,23,26). The molecule has 0 radical (unpaired) electrons. The van der Waals surface area contributed by atoms with Crippen molar-refractivity contribution in [3.8, 4) is 5.75 Å². The summed E-state index contributed by atoms with van der Waals surface area (Å²) in [6.45, 7) is -0.650. The van der Waals surface area contributed by atoms with E-state index in [1.165, 1.54) is 28.8 Å². The van der Waals surface area contributed by atoms with Crippen LogP contribution in [0.5, 0.6) is 5.75 Å². The number of carbonyl (C=O) groups excluding carboxylic acids is 1. The maximum atomic E-state index is 12.7. The van der Waals surface area contributed by atoms with E-state index in [1.54, 1.807) is 18.2 Å². The molecular weight excluding hydrogens is 468 g/mol. The summed E-state index contributed by atoms with van der Waals surface area (Å²) in [4.78, 5) is 29.4. The third-order valence-corrected chi connectivity index (χ3v) is 5.36. The predicted molar refractivity (Wildman–Crippen MR) is 112 cm³/mol. The summed E-state index contributed by atoms with van der Waals surface area (Å²) in [6, 6.07) is 10.9. The first-order valence-corrected chi connectivity index (χ1v) is 10.3. The zero-order valence-electron chi connectivity index (χ0n) is 15.2. The van der Waals surface area contributed by atoms with Crippen molar-refractivity contribution in [2.75, 3.05) is 11.1 Å². The van der Waals surface area contributed by atoms with Gasteiger partial charge in [-0.3, -0.25) is 14.2 Å². The van der Waals surface area contributed by atoms with Crippen molar-refractivity contribution >= 4 is 50.2 Å². The van der Waals surface area contributed by atoms with E-state index >= 15 is 0 Å². The topological polar surface area (TPSA) is 73.2 Å². The van der Waals surface area contributed by atoms with Gasteiger partial charge in [0.05, 0.1) is 16.7 Å². The minimum Gasteiger partial charge on any atom is -0.435 e. The summed E-state index contributed by atoms with van der Waals surface area (Å²) < 4.78 is 30.9. The molecule has 10 heteroatoms. The lowest BCUT2D eigenvalue weighted by molar-refractivity contribution is -0.113. The van der Waals surface area contributed by atoms with Gasteiger partial charge in [-0.2, -0.15) is 8.78 Å². The number of rotatable bonds is 7. The average Bonchev–Trinajstić information content (AvgIpc) is 2.68. The SMILES string of the molecule is CCn1c(SCC(=O)Nc2ccc(OC(F)F)cc2)nc2ccc(Br)cc2c1=O. The van der Waals surface area contributed by atoms with Gasteiger partial charge < -0.3 is 10.1 Å². The van der Waals surface area contributed by atoms with Crippen LogP contribution in [0.25, 0.3) is 10.9 Å². The summed E-state index contributed by atoms with van der Waals surface area (Å²) in [5.74, 6) is -0.277. The number of halogens is 3. The van der Waals surface area contributed by atoms with Crippen LogP contribution in [-0.2, 0) is 11.3 Å². The highest BCUT2D eigenvalue weighted by Gasteiger charge is 2.13. The average molecular weight is 484 g/mol. The van der Waals surface area contributed by atoms with Crippen LogP contribution in [0.15, 0.2) is 56.9 Å². The van der Waals surface area contributed by atoms with E-state index in [2.05, 4.69) is 31.0 Å². The van der Waals surface area contributed by atoms with Gasteiger partial charge in [-0.15, -0.1) is 0 Å². The number of hydrogen-bond acceptors (Lipinski definition) is 5. The maximum absolute atomic E-state index is 12.7. The molecule has 3 rings (SSSR count). The summed E-state index contributed by atoms with van der Waals surface area (Å²) in [7, 11) is 0. The Kier molecular flexibility index (Phi) is 6.86. The summed E-state index contributed by atoms with van der Waals surface area (Å²) in [5, 5.41) is 3.61. The number of benzene rings is 2. The van der Waals surface area contributed by atoms with Gasteiger partial charge in [-0.25, -0.2) is 4.98 Å². The first-order chi connectivity index (χ1) is 13.9. The highest BCUT2D eigenvalue weighted by molar-refractivity contribution is 9.10. The number of fused-ring (bicyclic) bond motifs is 1. The number of ether oxygens (including phenoxy) is 1. The third-order valence-electron chi connectivity index (χ3n) is 3.89. The van der Waals surface area contributed by atoms with E-state index in [0.717, 1.165) is 16.2 Å². The Labute approximate surface area is 177 Å². The van der Waals surface area contributed by atoms with E-state index in [-0.39, 0.29) is 23.0 Å².